The zero-order valence-electron chi connectivity index (χ0n) is 18.8. The molecule has 0 rings (SSSR count). The summed E-state index contributed by atoms with van der Waals surface area (Å²) < 4.78 is 10.8. The Labute approximate surface area is 201 Å². The minimum atomic E-state index is -1.97. The summed E-state index contributed by atoms with van der Waals surface area (Å²) in [6, 6.07) is 0. The molecule has 0 aromatic heterocycles. The Morgan fingerprint density at radius 1 is 0.759 bits per heavy atom. The number of unbranched alkanes of at least 4 members (excludes halogenated alkanes) is 2. The van der Waals surface area contributed by atoms with E-state index in [1.54, 1.807) is 0 Å². The van der Waals surface area contributed by atoms with Crippen molar-refractivity contribution >= 4 is 59.2 Å². The summed E-state index contributed by atoms with van der Waals surface area (Å²) in [5.74, 6) is 1.09. The standard InChI is InChI=1S/2C11H22O2S.Sn/c2*1-3-5-6-9(4-2)7-10(8-14)11(12)13;/h2*9-10,14H,3-8H2,1-2H3,(H,12,13);/q;;+2/p-2. The van der Waals surface area contributed by atoms with Crippen LogP contribution in [0.2, 0.25) is 0 Å². The summed E-state index contributed by atoms with van der Waals surface area (Å²) in [6.07, 6.45) is 10.7. The Morgan fingerprint density at radius 2 is 1.14 bits per heavy atom. The summed E-state index contributed by atoms with van der Waals surface area (Å²) in [7, 11) is 0. The number of thiol groups is 2. The predicted octanol–water partition coefficient (Wildman–Crippen LogP) is 5.91. The van der Waals surface area contributed by atoms with E-state index >= 15 is 0 Å². The molecule has 29 heavy (non-hydrogen) atoms. The third-order valence-electron chi connectivity index (χ3n) is 5.71. The first-order valence-electron chi connectivity index (χ1n) is 11.3. The van der Waals surface area contributed by atoms with Crippen molar-refractivity contribution in [2.24, 2.45) is 23.7 Å². The van der Waals surface area contributed by atoms with E-state index in [1.165, 1.54) is 25.7 Å². The molecule has 0 spiro atoms. The Balaban J connectivity index is 4.46. The van der Waals surface area contributed by atoms with E-state index in [4.69, 9.17) is 6.15 Å². The number of carbonyl (C=O) groups is 2. The average molecular weight is 553 g/mol. The van der Waals surface area contributed by atoms with Gasteiger partial charge in [0, 0.05) is 0 Å². The van der Waals surface area contributed by atoms with Gasteiger partial charge in [-0.15, -0.1) is 0 Å². The van der Waals surface area contributed by atoms with Gasteiger partial charge in [-0.3, -0.25) is 0 Å². The molecule has 0 heterocycles. The van der Waals surface area contributed by atoms with Crippen molar-refractivity contribution in [1.29, 1.82) is 0 Å². The quantitative estimate of drug-likeness (QED) is 0.164. The molecule has 170 valence electrons. The average Bonchev–Trinajstić information content (AvgIpc) is 2.74. The van der Waals surface area contributed by atoms with Gasteiger partial charge in [0.15, 0.2) is 0 Å². The Morgan fingerprint density at radius 3 is 1.41 bits per heavy atom. The van der Waals surface area contributed by atoms with Gasteiger partial charge in [-0.25, -0.2) is 0 Å². The molecule has 0 saturated carbocycles. The molecule has 0 bridgehead atoms. The summed E-state index contributed by atoms with van der Waals surface area (Å²) in [5.41, 5.74) is 0. The van der Waals surface area contributed by atoms with Crippen LogP contribution in [-0.2, 0) is 15.7 Å². The van der Waals surface area contributed by atoms with Gasteiger partial charge in [0.25, 0.3) is 0 Å². The van der Waals surface area contributed by atoms with Crippen LogP contribution in [-0.4, -0.2) is 45.4 Å². The van der Waals surface area contributed by atoms with E-state index in [-0.39, 0.29) is 23.8 Å². The molecule has 4 atom stereocenters. The topological polar surface area (TPSA) is 52.6 Å². The van der Waals surface area contributed by atoms with Crippen LogP contribution in [0.4, 0.5) is 0 Å². The molecule has 0 aliphatic heterocycles. The first kappa shape index (κ1) is 29.4. The van der Waals surface area contributed by atoms with E-state index in [9.17, 15) is 9.59 Å². The maximum atomic E-state index is 12.4. The van der Waals surface area contributed by atoms with Crippen molar-refractivity contribution in [3.05, 3.63) is 0 Å². The van der Waals surface area contributed by atoms with Crippen LogP contribution in [0.1, 0.15) is 91.9 Å². The predicted molar refractivity (Wildman–Crippen MR) is 128 cm³/mol. The molecule has 0 aromatic carbocycles. The first-order chi connectivity index (χ1) is 14.0. The Bertz CT molecular complexity index is 399. The second-order valence-electron chi connectivity index (χ2n) is 7.99. The van der Waals surface area contributed by atoms with Crippen LogP contribution in [0.15, 0.2) is 0 Å². The Kier molecular flexibility index (Phi) is 19.4. The van der Waals surface area contributed by atoms with Gasteiger partial charge in [-0.05, 0) is 0 Å². The van der Waals surface area contributed by atoms with Crippen molar-refractivity contribution in [2.75, 3.05) is 11.5 Å². The van der Waals surface area contributed by atoms with E-state index < -0.39 is 22.0 Å². The van der Waals surface area contributed by atoms with Crippen molar-refractivity contribution in [3.63, 3.8) is 0 Å². The first-order valence-corrected chi connectivity index (χ1v) is 14.9. The molecule has 0 aliphatic carbocycles. The van der Waals surface area contributed by atoms with Crippen LogP contribution in [0.3, 0.4) is 0 Å². The molecule has 0 N–H and O–H groups in total. The van der Waals surface area contributed by atoms with E-state index in [0.29, 0.717) is 23.3 Å². The number of hydrogen-bond donors (Lipinski definition) is 2. The van der Waals surface area contributed by atoms with Gasteiger partial charge < -0.3 is 0 Å². The molecular weight excluding hydrogens is 511 g/mol. The van der Waals surface area contributed by atoms with E-state index in [1.807, 2.05) is 0 Å². The molecule has 2 radical (unpaired) electrons. The van der Waals surface area contributed by atoms with Gasteiger partial charge in [-0.1, -0.05) is 0 Å². The van der Waals surface area contributed by atoms with Crippen molar-refractivity contribution in [2.45, 2.75) is 91.9 Å². The van der Waals surface area contributed by atoms with E-state index in [2.05, 4.69) is 53.0 Å². The van der Waals surface area contributed by atoms with Crippen LogP contribution in [0, 0.1) is 23.7 Å². The van der Waals surface area contributed by atoms with Gasteiger partial charge in [0.2, 0.25) is 0 Å². The molecule has 0 fully saturated rings. The van der Waals surface area contributed by atoms with Gasteiger partial charge >= 0.3 is 202 Å². The third-order valence-corrected chi connectivity index (χ3v) is 8.22. The molecular formula is C22H42O4S2Sn. The molecule has 0 aliphatic rings. The van der Waals surface area contributed by atoms with Gasteiger partial charge in [-0.2, -0.15) is 0 Å². The summed E-state index contributed by atoms with van der Waals surface area (Å²) >= 11 is 6.72. The van der Waals surface area contributed by atoms with Crippen molar-refractivity contribution in [3.8, 4) is 0 Å². The van der Waals surface area contributed by atoms with Gasteiger partial charge in [0.05, 0.1) is 0 Å². The molecule has 7 heteroatoms. The summed E-state index contributed by atoms with van der Waals surface area (Å²) in [5, 5.41) is 0. The molecule has 0 aromatic rings. The van der Waals surface area contributed by atoms with Gasteiger partial charge in [0.1, 0.15) is 0 Å². The number of hydrogen-bond acceptors (Lipinski definition) is 6. The van der Waals surface area contributed by atoms with Crippen molar-refractivity contribution < 1.29 is 15.7 Å². The van der Waals surface area contributed by atoms with Crippen LogP contribution >= 0.6 is 25.3 Å². The normalized spacial score (nSPS) is 15.4. The Hall–Kier alpha value is 0.439. The zero-order chi connectivity index (χ0) is 22.1. The molecule has 4 unspecified atom stereocenters. The second kappa shape index (κ2) is 19.1. The van der Waals surface area contributed by atoms with E-state index in [0.717, 1.165) is 38.5 Å². The summed E-state index contributed by atoms with van der Waals surface area (Å²) in [4.78, 5) is 24.9. The van der Waals surface area contributed by atoms with Crippen molar-refractivity contribution in [1.82, 2.24) is 0 Å². The maximum absolute atomic E-state index is 12.4. The zero-order valence-corrected chi connectivity index (χ0v) is 23.5. The second-order valence-corrected chi connectivity index (χ2v) is 10.4. The van der Waals surface area contributed by atoms with Crippen LogP contribution in [0.25, 0.3) is 0 Å². The number of rotatable bonds is 18. The summed E-state index contributed by atoms with van der Waals surface area (Å²) in [6.45, 7) is 8.70. The fourth-order valence-electron chi connectivity index (χ4n) is 3.53. The fraction of sp³-hybridized carbons (Fsp3) is 0.909. The van der Waals surface area contributed by atoms with Crippen LogP contribution < -0.4 is 0 Å². The minimum absolute atomic E-state index is 0.209. The van der Waals surface area contributed by atoms with Crippen LogP contribution in [0.5, 0.6) is 0 Å². The third kappa shape index (κ3) is 13.5. The number of carbonyl (C=O) groups excluding carboxylic acids is 2. The fourth-order valence-corrected chi connectivity index (χ4v) is 5.66. The monoisotopic (exact) mass is 554 g/mol. The molecule has 0 amide bonds. The SMILES string of the molecule is CCCCC(CC)CC(CS)C(=O)[O][Sn][O]C(=O)C(CS)CC(CC)CCCC. The molecule has 4 nitrogen and oxygen atoms in total. The molecule has 0 saturated heterocycles.